The van der Waals surface area contributed by atoms with Gasteiger partial charge < -0.3 is 5.32 Å². The molecule has 19 heavy (non-hydrogen) atoms. The summed E-state index contributed by atoms with van der Waals surface area (Å²) in [6.45, 7) is 0.752. The quantitative estimate of drug-likeness (QED) is 0.913. The summed E-state index contributed by atoms with van der Waals surface area (Å²) < 4.78 is 1.51. The van der Waals surface area contributed by atoms with Crippen molar-refractivity contribution in [2.45, 2.75) is 19.3 Å². The second kappa shape index (κ2) is 5.26. The number of aromatic nitrogens is 2. The molecule has 2 aromatic rings. The van der Waals surface area contributed by atoms with E-state index in [9.17, 15) is 4.79 Å². The van der Waals surface area contributed by atoms with Crippen LogP contribution in [-0.4, -0.2) is 22.1 Å². The summed E-state index contributed by atoms with van der Waals surface area (Å²) in [5.74, 6) is 0.836. The zero-order valence-electron chi connectivity index (χ0n) is 10.7. The monoisotopic (exact) mass is 255 g/mol. The van der Waals surface area contributed by atoms with Gasteiger partial charge in [0.25, 0.3) is 0 Å². The molecule has 3 rings (SSSR count). The lowest BCUT2D eigenvalue weighted by molar-refractivity contribution is 0.242. The standard InChI is InChI=1S/C15H17N3O/c19-15(16-9-8-12-6-7-12)18-10-14(17-11-18)13-4-2-1-3-5-13/h1-5,10-12H,6-9H2,(H,16,19). The fraction of sp³-hybridized carbons (Fsp3) is 0.333. The number of nitrogens with one attached hydrogen (secondary N) is 1. The molecule has 4 nitrogen and oxygen atoms in total. The van der Waals surface area contributed by atoms with Gasteiger partial charge >= 0.3 is 6.03 Å². The molecule has 0 unspecified atom stereocenters. The third-order valence-electron chi connectivity index (χ3n) is 3.41. The highest BCUT2D eigenvalue weighted by Crippen LogP contribution is 2.31. The number of imidazole rings is 1. The largest absolute Gasteiger partial charge is 0.337 e. The van der Waals surface area contributed by atoms with Crippen molar-refractivity contribution in [3.63, 3.8) is 0 Å². The molecule has 1 fully saturated rings. The van der Waals surface area contributed by atoms with Crippen molar-refractivity contribution >= 4 is 6.03 Å². The van der Waals surface area contributed by atoms with Gasteiger partial charge in [-0.1, -0.05) is 43.2 Å². The van der Waals surface area contributed by atoms with Crippen LogP contribution in [0.4, 0.5) is 4.79 Å². The molecule has 1 saturated carbocycles. The van der Waals surface area contributed by atoms with Crippen LogP contribution in [0, 0.1) is 5.92 Å². The van der Waals surface area contributed by atoms with E-state index in [1.165, 1.54) is 17.4 Å². The molecule has 1 aliphatic rings. The van der Waals surface area contributed by atoms with Gasteiger partial charge in [-0.2, -0.15) is 0 Å². The fourth-order valence-corrected chi connectivity index (χ4v) is 2.07. The molecule has 0 spiro atoms. The van der Waals surface area contributed by atoms with E-state index in [0.29, 0.717) is 0 Å². The Kier molecular flexibility index (Phi) is 3.31. The predicted octanol–water partition coefficient (Wildman–Crippen LogP) is 2.91. The maximum atomic E-state index is 11.9. The lowest BCUT2D eigenvalue weighted by Gasteiger charge is -2.03. The Morgan fingerprint density at radius 3 is 2.84 bits per heavy atom. The van der Waals surface area contributed by atoms with Gasteiger partial charge in [0, 0.05) is 18.3 Å². The SMILES string of the molecule is O=C(NCCC1CC1)n1cnc(-c2ccccc2)c1. The molecule has 0 aliphatic heterocycles. The summed E-state index contributed by atoms with van der Waals surface area (Å²) in [4.78, 5) is 16.2. The average molecular weight is 255 g/mol. The normalized spacial score (nSPS) is 14.3. The minimum atomic E-state index is -0.102. The molecule has 4 heteroatoms. The molecule has 0 atom stereocenters. The molecule has 1 N–H and O–H groups in total. The minimum absolute atomic E-state index is 0.102. The molecule has 0 bridgehead atoms. The lowest BCUT2D eigenvalue weighted by Crippen LogP contribution is -2.28. The van der Waals surface area contributed by atoms with E-state index in [1.807, 2.05) is 30.3 Å². The van der Waals surface area contributed by atoms with E-state index >= 15 is 0 Å². The summed E-state index contributed by atoms with van der Waals surface area (Å²) >= 11 is 0. The van der Waals surface area contributed by atoms with Crippen molar-refractivity contribution in [1.82, 2.24) is 14.9 Å². The molecular weight excluding hydrogens is 238 g/mol. The number of carbonyl (C=O) groups excluding carboxylic acids is 1. The van der Waals surface area contributed by atoms with E-state index in [4.69, 9.17) is 0 Å². The zero-order valence-corrected chi connectivity index (χ0v) is 10.7. The summed E-state index contributed by atoms with van der Waals surface area (Å²) in [7, 11) is 0. The first-order chi connectivity index (χ1) is 9.33. The summed E-state index contributed by atoms with van der Waals surface area (Å²) in [5, 5.41) is 2.92. The van der Waals surface area contributed by atoms with E-state index in [-0.39, 0.29) is 6.03 Å². The molecule has 0 saturated heterocycles. The summed E-state index contributed by atoms with van der Waals surface area (Å²) in [5.41, 5.74) is 1.84. The third-order valence-corrected chi connectivity index (χ3v) is 3.41. The van der Waals surface area contributed by atoms with Crippen LogP contribution in [0.15, 0.2) is 42.9 Å². The number of amides is 1. The Bertz CT molecular complexity index is 558. The molecular formula is C15H17N3O. The summed E-state index contributed by atoms with van der Waals surface area (Å²) in [6.07, 6.45) is 7.06. The lowest BCUT2D eigenvalue weighted by atomic mass is 10.2. The molecule has 1 heterocycles. The number of benzene rings is 1. The van der Waals surface area contributed by atoms with Gasteiger partial charge in [-0.05, 0) is 12.3 Å². The van der Waals surface area contributed by atoms with Crippen LogP contribution >= 0.6 is 0 Å². The first kappa shape index (κ1) is 12.0. The second-order valence-electron chi connectivity index (χ2n) is 5.00. The van der Waals surface area contributed by atoms with E-state index in [0.717, 1.165) is 30.1 Å². The molecule has 1 aromatic carbocycles. The van der Waals surface area contributed by atoms with Crippen LogP contribution in [-0.2, 0) is 0 Å². The molecule has 1 amide bonds. The smallest absolute Gasteiger partial charge is 0.326 e. The Morgan fingerprint density at radius 1 is 1.32 bits per heavy atom. The fourth-order valence-electron chi connectivity index (χ4n) is 2.07. The van der Waals surface area contributed by atoms with E-state index in [1.54, 1.807) is 12.5 Å². The van der Waals surface area contributed by atoms with Gasteiger partial charge in [0.15, 0.2) is 0 Å². The van der Waals surface area contributed by atoms with E-state index < -0.39 is 0 Å². The van der Waals surface area contributed by atoms with Crippen LogP contribution in [0.1, 0.15) is 19.3 Å². The molecule has 1 aromatic heterocycles. The Balaban J connectivity index is 1.61. The number of hydrogen-bond donors (Lipinski definition) is 1. The first-order valence-electron chi connectivity index (χ1n) is 6.70. The highest BCUT2D eigenvalue weighted by molar-refractivity contribution is 5.77. The highest BCUT2D eigenvalue weighted by atomic mass is 16.2. The average Bonchev–Trinajstić information content (AvgIpc) is 3.13. The van der Waals surface area contributed by atoms with Gasteiger partial charge in [-0.3, -0.25) is 4.57 Å². The van der Waals surface area contributed by atoms with E-state index in [2.05, 4.69) is 10.3 Å². The second-order valence-corrected chi connectivity index (χ2v) is 5.00. The van der Waals surface area contributed by atoms with Gasteiger partial charge in [0.2, 0.25) is 0 Å². The van der Waals surface area contributed by atoms with Crippen molar-refractivity contribution in [2.75, 3.05) is 6.54 Å². The number of carbonyl (C=O) groups is 1. The Hall–Kier alpha value is -2.10. The summed E-state index contributed by atoms with van der Waals surface area (Å²) in [6, 6.07) is 9.75. The van der Waals surface area contributed by atoms with Crippen LogP contribution in [0.3, 0.4) is 0 Å². The molecule has 0 radical (unpaired) electrons. The van der Waals surface area contributed by atoms with Crippen molar-refractivity contribution in [3.05, 3.63) is 42.9 Å². The molecule has 1 aliphatic carbocycles. The van der Waals surface area contributed by atoms with Crippen LogP contribution in [0.2, 0.25) is 0 Å². The minimum Gasteiger partial charge on any atom is -0.337 e. The maximum Gasteiger partial charge on any atom is 0.326 e. The van der Waals surface area contributed by atoms with Gasteiger partial charge in [-0.25, -0.2) is 9.78 Å². The molecule has 98 valence electrons. The topological polar surface area (TPSA) is 46.9 Å². The Labute approximate surface area is 112 Å². The van der Waals surface area contributed by atoms with Crippen LogP contribution < -0.4 is 5.32 Å². The van der Waals surface area contributed by atoms with Gasteiger partial charge in [-0.15, -0.1) is 0 Å². The number of rotatable bonds is 4. The third kappa shape index (κ3) is 3.02. The van der Waals surface area contributed by atoms with Crippen molar-refractivity contribution in [3.8, 4) is 11.3 Å². The number of hydrogen-bond acceptors (Lipinski definition) is 2. The maximum absolute atomic E-state index is 11.9. The van der Waals surface area contributed by atoms with Crippen molar-refractivity contribution in [1.29, 1.82) is 0 Å². The number of nitrogens with zero attached hydrogens (tertiary/aromatic N) is 2. The van der Waals surface area contributed by atoms with Crippen molar-refractivity contribution < 1.29 is 4.79 Å². The predicted molar refractivity (Wildman–Crippen MR) is 73.8 cm³/mol. The van der Waals surface area contributed by atoms with Gasteiger partial charge in [0.1, 0.15) is 6.33 Å². The Morgan fingerprint density at radius 2 is 2.11 bits per heavy atom. The van der Waals surface area contributed by atoms with Crippen LogP contribution in [0.5, 0.6) is 0 Å². The zero-order chi connectivity index (χ0) is 13.1. The van der Waals surface area contributed by atoms with Gasteiger partial charge in [0.05, 0.1) is 5.69 Å². The van der Waals surface area contributed by atoms with Crippen LogP contribution in [0.25, 0.3) is 11.3 Å². The van der Waals surface area contributed by atoms with Crippen molar-refractivity contribution in [2.24, 2.45) is 5.92 Å². The first-order valence-corrected chi connectivity index (χ1v) is 6.70. The highest BCUT2D eigenvalue weighted by Gasteiger charge is 2.20.